The van der Waals surface area contributed by atoms with Crippen molar-refractivity contribution in [2.24, 2.45) is 0 Å². The third kappa shape index (κ3) is 2.74. The lowest BCUT2D eigenvalue weighted by molar-refractivity contribution is 0.0378. The summed E-state index contributed by atoms with van der Waals surface area (Å²) in [5, 5.41) is 0.440. The molecule has 1 aromatic carbocycles. The standard InChI is InChI=1S/C11H13ClO2/c1-7(2)14-11(13)9-5-4-8(3)6-10(9)12/h4-7H,1-3H3. The largest absolute Gasteiger partial charge is 0.459 e. The summed E-state index contributed by atoms with van der Waals surface area (Å²) in [5.74, 6) is -0.370. The van der Waals surface area contributed by atoms with Crippen LogP contribution < -0.4 is 0 Å². The van der Waals surface area contributed by atoms with Crippen molar-refractivity contribution in [2.75, 3.05) is 0 Å². The van der Waals surface area contributed by atoms with Gasteiger partial charge in [0.1, 0.15) is 0 Å². The molecule has 2 nitrogen and oxygen atoms in total. The van der Waals surface area contributed by atoms with Crippen molar-refractivity contribution in [1.29, 1.82) is 0 Å². The molecule has 0 aliphatic rings. The quantitative estimate of drug-likeness (QED) is 0.704. The van der Waals surface area contributed by atoms with Crippen LogP contribution in [0.2, 0.25) is 5.02 Å². The van der Waals surface area contributed by atoms with Gasteiger partial charge < -0.3 is 4.74 Å². The molecule has 0 aliphatic heterocycles. The molecule has 0 aliphatic carbocycles. The first-order chi connectivity index (χ1) is 6.50. The lowest BCUT2D eigenvalue weighted by Gasteiger charge is -2.09. The first-order valence-electron chi connectivity index (χ1n) is 4.48. The smallest absolute Gasteiger partial charge is 0.339 e. The van der Waals surface area contributed by atoms with Crippen LogP contribution in [-0.4, -0.2) is 12.1 Å². The van der Waals surface area contributed by atoms with Crippen molar-refractivity contribution in [1.82, 2.24) is 0 Å². The number of carbonyl (C=O) groups excluding carboxylic acids is 1. The maximum absolute atomic E-state index is 11.5. The van der Waals surface area contributed by atoms with Gasteiger partial charge >= 0.3 is 5.97 Å². The number of hydrogen-bond donors (Lipinski definition) is 0. The van der Waals surface area contributed by atoms with Gasteiger partial charge in [0, 0.05) is 0 Å². The van der Waals surface area contributed by atoms with Crippen molar-refractivity contribution >= 4 is 17.6 Å². The zero-order valence-corrected chi connectivity index (χ0v) is 9.26. The Balaban J connectivity index is 2.90. The minimum atomic E-state index is -0.370. The van der Waals surface area contributed by atoms with Gasteiger partial charge in [0.15, 0.2) is 0 Å². The van der Waals surface area contributed by atoms with Gasteiger partial charge in [-0.1, -0.05) is 17.7 Å². The molecule has 1 rings (SSSR count). The molecule has 76 valence electrons. The molecule has 0 N–H and O–H groups in total. The molecule has 0 unspecified atom stereocenters. The number of rotatable bonds is 2. The summed E-state index contributed by atoms with van der Waals surface area (Å²) in [6, 6.07) is 5.27. The Morgan fingerprint density at radius 1 is 1.43 bits per heavy atom. The van der Waals surface area contributed by atoms with E-state index in [1.165, 1.54) is 0 Å². The van der Waals surface area contributed by atoms with Gasteiger partial charge in [0.25, 0.3) is 0 Å². The molecule has 1 aromatic rings. The molecule has 0 radical (unpaired) electrons. The number of esters is 1. The van der Waals surface area contributed by atoms with Crippen LogP contribution in [0.4, 0.5) is 0 Å². The van der Waals surface area contributed by atoms with Gasteiger partial charge in [-0.05, 0) is 38.5 Å². The van der Waals surface area contributed by atoms with Gasteiger partial charge in [-0.2, -0.15) is 0 Å². The van der Waals surface area contributed by atoms with E-state index in [0.717, 1.165) is 5.56 Å². The third-order valence-corrected chi connectivity index (χ3v) is 2.00. The molecular weight excluding hydrogens is 200 g/mol. The Kier molecular flexibility index (Phi) is 3.53. The highest BCUT2D eigenvalue weighted by Gasteiger charge is 2.12. The predicted octanol–water partition coefficient (Wildman–Crippen LogP) is 3.21. The monoisotopic (exact) mass is 212 g/mol. The van der Waals surface area contributed by atoms with Crippen molar-refractivity contribution < 1.29 is 9.53 Å². The van der Waals surface area contributed by atoms with E-state index in [9.17, 15) is 4.79 Å². The van der Waals surface area contributed by atoms with Crippen molar-refractivity contribution in [3.63, 3.8) is 0 Å². The molecular formula is C11H13ClO2. The van der Waals surface area contributed by atoms with Gasteiger partial charge in [0.05, 0.1) is 16.7 Å². The average molecular weight is 213 g/mol. The molecule has 0 atom stereocenters. The highest BCUT2D eigenvalue weighted by Crippen LogP contribution is 2.18. The second-order valence-corrected chi connectivity index (χ2v) is 3.84. The summed E-state index contributed by atoms with van der Waals surface area (Å²) in [7, 11) is 0. The lowest BCUT2D eigenvalue weighted by Crippen LogP contribution is -2.12. The Morgan fingerprint density at radius 2 is 2.07 bits per heavy atom. The average Bonchev–Trinajstić information content (AvgIpc) is 2.01. The summed E-state index contributed by atoms with van der Waals surface area (Å²) in [6.07, 6.45) is -0.125. The number of ether oxygens (including phenoxy) is 1. The Morgan fingerprint density at radius 3 is 2.57 bits per heavy atom. The van der Waals surface area contributed by atoms with Crippen LogP contribution in [0.15, 0.2) is 18.2 Å². The van der Waals surface area contributed by atoms with Crippen LogP contribution >= 0.6 is 11.6 Å². The van der Waals surface area contributed by atoms with Gasteiger partial charge in [0.2, 0.25) is 0 Å². The maximum Gasteiger partial charge on any atom is 0.339 e. The van der Waals surface area contributed by atoms with Crippen molar-refractivity contribution in [3.8, 4) is 0 Å². The predicted molar refractivity (Wildman–Crippen MR) is 56.7 cm³/mol. The number of aryl methyl sites for hydroxylation is 1. The molecule has 3 heteroatoms. The number of benzene rings is 1. The maximum atomic E-state index is 11.5. The van der Waals surface area contributed by atoms with Crippen LogP contribution in [0, 0.1) is 6.92 Å². The Bertz CT molecular complexity index is 345. The summed E-state index contributed by atoms with van der Waals surface area (Å²) in [6.45, 7) is 5.53. The molecule has 0 fully saturated rings. The van der Waals surface area contributed by atoms with E-state index in [4.69, 9.17) is 16.3 Å². The normalized spacial score (nSPS) is 10.4. The van der Waals surface area contributed by atoms with E-state index in [1.54, 1.807) is 26.0 Å². The lowest BCUT2D eigenvalue weighted by atomic mass is 10.1. The second kappa shape index (κ2) is 4.47. The molecule has 0 heterocycles. The summed E-state index contributed by atoms with van der Waals surface area (Å²) in [5.41, 5.74) is 1.45. The van der Waals surface area contributed by atoms with Gasteiger partial charge in [-0.25, -0.2) is 4.79 Å². The molecule has 0 spiro atoms. The molecule has 14 heavy (non-hydrogen) atoms. The Labute approximate surface area is 88.8 Å². The van der Waals surface area contributed by atoms with Gasteiger partial charge in [-0.3, -0.25) is 0 Å². The highest BCUT2D eigenvalue weighted by atomic mass is 35.5. The number of carbonyl (C=O) groups is 1. The van der Waals surface area contributed by atoms with E-state index >= 15 is 0 Å². The van der Waals surface area contributed by atoms with Crippen LogP contribution in [0.5, 0.6) is 0 Å². The van der Waals surface area contributed by atoms with Gasteiger partial charge in [-0.15, -0.1) is 0 Å². The number of hydrogen-bond acceptors (Lipinski definition) is 2. The fourth-order valence-electron chi connectivity index (χ4n) is 1.06. The molecule has 0 saturated carbocycles. The first-order valence-corrected chi connectivity index (χ1v) is 4.85. The van der Waals surface area contributed by atoms with E-state index in [1.807, 2.05) is 13.0 Å². The van der Waals surface area contributed by atoms with Crippen molar-refractivity contribution in [3.05, 3.63) is 34.3 Å². The summed E-state index contributed by atoms with van der Waals surface area (Å²) < 4.78 is 5.03. The fourth-order valence-corrected chi connectivity index (χ4v) is 1.38. The zero-order valence-electron chi connectivity index (χ0n) is 8.50. The topological polar surface area (TPSA) is 26.3 Å². The van der Waals surface area contributed by atoms with Crippen LogP contribution in [-0.2, 0) is 4.74 Å². The van der Waals surface area contributed by atoms with Crippen LogP contribution in [0.3, 0.4) is 0 Å². The van der Waals surface area contributed by atoms with Crippen molar-refractivity contribution in [2.45, 2.75) is 26.9 Å². The molecule has 0 amide bonds. The zero-order chi connectivity index (χ0) is 10.7. The molecule has 0 aromatic heterocycles. The molecule has 0 saturated heterocycles. The summed E-state index contributed by atoms with van der Waals surface area (Å²) >= 11 is 5.91. The minimum absolute atomic E-state index is 0.125. The second-order valence-electron chi connectivity index (χ2n) is 3.44. The fraction of sp³-hybridized carbons (Fsp3) is 0.364. The highest BCUT2D eigenvalue weighted by molar-refractivity contribution is 6.33. The Hall–Kier alpha value is -1.02. The molecule has 0 bridgehead atoms. The van der Waals surface area contributed by atoms with E-state index in [-0.39, 0.29) is 12.1 Å². The number of halogens is 1. The third-order valence-electron chi connectivity index (χ3n) is 1.69. The van der Waals surface area contributed by atoms with Crippen LogP contribution in [0.1, 0.15) is 29.8 Å². The van der Waals surface area contributed by atoms with Crippen LogP contribution in [0.25, 0.3) is 0 Å². The SMILES string of the molecule is Cc1ccc(C(=O)OC(C)C)c(Cl)c1. The van der Waals surface area contributed by atoms with E-state index in [0.29, 0.717) is 10.6 Å². The van der Waals surface area contributed by atoms with E-state index < -0.39 is 0 Å². The first kappa shape index (κ1) is 11.1. The summed E-state index contributed by atoms with van der Waals surface area (Å²) in [4.78, 5) is 11.5. The minimum Gasteiger partial charge on any atom is -0.459 e. The van der Waals surface area contributed by atoms with E-state index in [2.05, 4.69) is 0 Å².